The highest BCUT2D eigenvalue weighted by Crippen LogP contribution is 2.17. The Labute approximate surface area is 115 Å². The van der Waals surface area contributed by atoms with E-state index in [9.17, 15) is 0 Å². The number of hydrogen-bond donors (Lipinski definition) is 1. The first-order chi connectivity index (χ1) is 8.65. The van der Waals surface area contributed by atoms with Gasteiger partial charge in [-0.05, 0) is 19.0 Å². The maximum atomic E-state index is 5.85. The Morgan fingerprint density at radius 2 is 2.06 bits per heavy atom. The van der Waals surface area contributed by atoms with Crippen LogP contribution in [0.2, 0.25) is 0 Å². The number of methoxy groups -OCH3 is 1. The fourth-order valence-electron chi connectivity index (χ4n) is 1.93. The summed E-state index contributed by atoms with van der Waals surface area (Å²) in [5, 5.41) is 0. The van der Waals surface area contributed by atoms with Crippen LogP contribution < -0.4 is 5.73 Å². The number of likely N-dealkylation sites (N-methyl/N-ethyl adjacent to an activating group) is 1. The molecular formula is C14H22N2OS. The molecule has 0 aliphatic rings. The van der Waals surface area contributed by atoms with Gasteiger partial charge in [-0.25, -0.2) is 0 Å². The Hall–Kier alpha value is -0.970. The van der Waals surface area contributed by atoms with Crippen LogP contribution in [-0.4, -0.2) is 43.7 Å². The van der Waals surface area contributed by atoms with Gasteiger partial charge in [0.05, 0.1) is 4.99 Å². The number of benzene rings is 1. The lowest BCUT2D eigenvalue weighted by Gasteiger charge is -2.23. The fraction of sp³-hybridized carbons (Fsp3) is 0.500. The van der Waals surface area contributed by atoms with Gasteiger partial charge in [-0.1, -0.05) is 42.5 Å². The highest BCUT2D eigenvalue weighted by atomic mass is 32.1. The summed E-state index contributed by atoms with van der Waals surface area (Å²) in [5.41, 5.74) is 7.04. The average molecular weight is 266 g/mol. The molecule has 0 heterocycles. The Balaban J connectivity index is 2.56. The molecule has 0 aliphatic carbocycles. The molecule has 18 heavy (non-hydrogen) atoms. The molecule has 0 bridgehead atoms. The molecule has 0 amide bonds. The summed E-state index contributed by atoms with van der Waals surface area (Å²) in [6.07, 6.45) is 1.02. The first-order valence-corrected chi connectivity index (χ1v) is 6.57. The molecule has 1 rings (SSSR count). The highest BCUT2D eigenvalue weighted by Gasteiger charge is 2.16. The molecule has 1 aromatic rings. The van der Waals surface area contributed by atoms with Gasteiger partial charge >= 0.3 is 0 Å². The normalized spacial score (nSPS) is 12.6. The molecule has 0 aromatic heterocycles. The van der Waals surface area contributed by atoms with Gasteiger partial charge in [0.2, 0.25) is 0 Å². The number of rotatable bonds is 8. The first kappa shape index (κ1) is 15.1. The predicted octanol–water partition coefficient (Wildman–Crippen LogP) is 2.02. The molecule has 0 fully saturated rings. The van der Waals surface area contributed by atoms with Crippen molar-refractivity contribution in [3.05, 3.63) is 35.9 Å². The van der Waals surface area contributed by atoms with Gasteiger partial charge in [-0.2, -0.15) is 0 Å². The Bertz CT molecular complexity index is 356. The van der Waals surface area contributed by atoms with Crippen molar-refractivity contribution in [2.45, 2.75) is 12.3 Å². The topological polar surface area (TPSA) is 38.5 Å². The summed E-state index contributed by atoms with van der Waals surface area (Å²) >= 11 is 5.18. The van der Waals surface area contributed by atoms with Crippen LogP contribution in [-0.2, 0) is 4.74 Å². The summed E-state index contributed by atoms with van der Waals surface area (Å²) in [4.78, 5) is 2.80. The summed E-state index contributed by atoms with van der Waals surface area (Å²) in [6, 6.07) is 10.2. The van der Waals surface area contributed by atoms with E-state index in [1.54, 1.807) is 7.11 Å². The molecule has 0 saturated carbocycles. The van der Waals surface area contributed by atoms with E-state index >= 15 is 0 Å². The molecule has 2 N–H and O–H groups in total. The van der Waals surface area contributed by atoms with Crippen molar-refractivity contribution in [2.75, 3.05) is 33.9 Å². The molecule has 4 heteroatoms. The number of nitrogens with two attached hydrogens (primary N) is 1. The number of nitrogens with zero attached hydrogens (tertiary/aromatic N) is 1. The SMILES string of the molecule is COCCCN(C)CC(C(N)=S)c1ccccc1. The van der Waals surface area contributed by atoms with Gasteiger partial charge in [0.1, 0.15) is 0 Å². The minimum Gasteiger partial charge on any atom is -0.393 e. The van der Waals surface area contributed by atoms with Crippen LogP contribution in [0, 0.1) is 0 Å². The van der Waals surface area contributed by atoms with Crippen molar-refractivity contribution in [3.8, 4) is 0 Å². The zero-order chi connectivity index (χ0) is 13.4. The van der Waals surface area contributed by atoms with Crippen LogP contribution >= 0.6 is 12.2 Å². The third kappa shape index (κ3) is 5.12. The largest absolute Gasteiger partial charge is 0.393 e. The molecular weight excluding hydrogens is 244 g/mol. The summed E-state index contributed by atoms with van der Waals surface area (Å²) in [7, 11) is 3.81. The summed E-state index contributed by atoms with van der Waals surface area (Å²) < 4.78 is 5.05. The molecule has 1 unspecified atom stereocenters. The zero-order valence-corrected chi connectivity index (χ0v) is 12.0. The van der Waals surface area contributed by atoms with Crippen molar-refractivity contribution in [1.29, 1.82) is 0 Å². The van der Waals surface area contributed by atoms with Crippen LogP contribution in [0.4, 0.5) is 0 Å². The van der Waals surface area contributed by atoms with Gasteiger partial charge in [-0.15, -0.1) is 0 Å². The van der Waals surface area contributed by atoms with Crippen molar-refractivity contribution < 1.29 is 4.74 Å². The van der Waals surface area contributed by atoms with E-state index in [-0.39, 0.29) is 5.92 Å². The molecule has 0 saturated heterocycles. The average Bonchev–Trinajstić information content (AvgIpc) is 2.37. The zero-order valence-electron chi connectivity index (χ0n) is 11.1. The van der Waals surface area contributed by atoms with Crippen LogP contribution in [0.3, 0.4) is 0 Å². The van der Waals surface area contributed by atoms with Gasteiger partial charge in [0, 0.05) is 32.7 Å². The van der Waals surface area contributed by atoms with Crippen molar-refractivity contribution in [3.63, 3.8) is 0 Å². The van der Waals surface area contributed by atoms with E-state index in [0.29, 0.717) is 4.99 Å². The molecule has 1 atom stereocenters. The number of hydrogen-bond acceptors (Lipinski definition) is 3. The van der Waals surface area contributed by atoms with E-state index < -0.39 is 0 Å². The lowest BCUT2D eigenvalue weighted by Crippen LogP contribution is -2.32. The lowest BCUT2D eigenvalue weighted by molar-refractivity contribution is 0.179. The van der Waals surface area contributed by atoms with Crippen LogP contribution in [0.5, 0.6) is 0 Å². The van der Waals surface area contributed by atoms with Crippen LogP contribution in [0.25, 0.3) is 0 Å². The lowest BCUT2D eigenvalue weighted by atomic mass is 9.98. The Kier molecular flexibility index (Phi) is 6.86. The van der Waals surface area contributed by atoms with Crippen molar-refractivity contribution >= 4 is 17.2 Å². The van der Waals surface area contributed by atoms with E-state index in [1.165, 1.54) is 5.56 Å². The van der Waals surface area contributed by atoms with Crippen molar-refractivity contribution in [2.24, 2.45) is 5.73 Å². The van der Waals surface area contributed by atoms with E-state index in [0.717, 1.165) is 26.1 Å². The maximum Gasteiger partial charge on any atom is 0.0816 e. The number of thiocarbonyl (C=S) groups is 1. The smallest absolute Gasteiger partial charge is 0.0816 e. The fourth-order valence-corrected chi connectivity index (χ4v) is 2.14. The minimum atomic E-state index is 0.119. The third-order valence-electron chi connectivity index (χ3n) is 2.93. The second-order valence-corrected chi connectivity index (χ2v) is 4.95. The second-order valence-electron chi connectivity index (χ2n) is 4.47. The minimum absolute atomic E-state index is 0.119. The molecule has 1 aromatic carbocycles. The molecule has 0 spiro atoms. The molecule has 0 aliphatic heterocycles. The van der Waals surface area contributed by atoms with E-state index in [4.69, 9.17) is 22.7 Å². The van der Waals surface area contributed by atoms with Crippen molar-refractivity contribution in [1.82, 2.24) is 4.90 Å². The van der Waals surface area contributed by atoms with Gasteiger partial charge in [0.25, 0.3) is 0 Å². The summed E-state index contributed by atoms with van der Waals surface area (Å²) in [6.45, 7) is 2.62. The quantitative estimate of drug-likeness (QED) is 0.577. The third-order valence-corrected chi connectivity index (χ3v) is 3.21. The monoisotopic (exact) mass is 266 g/mol. The molecule has 0 radical (unpaired) electrons. The number of ether oxygens (including phenoxy) is 1. The standard InChI is InChI=1S/C14H22N2OS/c1-16(9-6-10-17-2)11-13(14(15)18)12-7-4-3-5-8-12/h3-5,7-8,13H,6,9-11H2,1-2H3,(H2,15,18). The van der Waals surface area contributed by atoms with Gasteiger partial charge < -0.3 is 15.4 Å². The first-order valence-electron chi connectivity index (χ1n) is 6.17. The molecule has 3 nitrogen and oxygen atoms in total. The van der Waals surface area contributed by atoms with Gasteiger partial charge in [-0.3, -0.25) is 0 Å². The Morgan fingerprint density at radius 3 is 2.61 bits per heavy atom. The van der Waals surface area contributed by atoms with Crippen LogP contribution in [0.1, 0.15) is 17.9 Å². The van der Waals surface area contributed by atoms with Gasteiger partial charge in [0.15, 0.2) is 0 Å². The van der Waals surface area contributed by atoms with E-state index in [1.807, 2.05) is 18.2 Å². The second kappa shape index (κ2) is 8.19. The van der Waals surface area contributed by atoms with E-state index in [2.05, 4.69) is 24.1 Å². The molecule has 100 valence electrons. The highest BCUT2D eigenvalue weighted by molar-refractivity contribution is 7.80. The Morgan fingerprint density at radius 1 is 1.39 bits per heavy atom. The predicted molar refractivity (Wildman–Crippen MR) is 80.0 cm³/mol. The maximum absolute atomic E-state index is 5.85. The van der Waals surface area contributed by atoms with Crippen LogP contribution in [0.15, 0.2) is 30.3 Å². The summed E-state index contributed by atoms with van der Waals surface area (Å²) in [5.74, 6) is 0.119.